The Balaban J connectivity index is 1.62. The Kier molecular flexibility index (Phi) is 7.06. The van der Waals surface area contributed by atoms with Crippen molar-refractivity contribution in [3.05, 3.63) is 52.7 Å². The van der Waals surface area contributed by atoms with Crippen LogP contribution in [0.25, 0.3) is 0 Å². The van der Waals surface area contributed by atoms with E-state index in [1.807, 2.05) is 0 Å². The van der Waals surface area contributed by atoms with Gasteiger partial charge >= 0.3 is 12.1 Å². The molecule has 1 amide bonds. The molecule has 172 valence electrons. The fourth-order valence-electron chi connectivity index (χ4n) is 2.93. The summed E-state index contributed by atoms with van der Waals surface area (Å²) in [4.78, 5) is 27.6. The lowest BCUT2D eigenvalue weighted by Gasteiger charge is -2.15. The quantitative estimate of drug-likeness (QED) is 0.621. The van der Waals surface area contributed by atoms with Crippen molar-refractivity contribution in [3.63, 3.8) is 0 Å². The maximum Gasteiger partial charge on any atom is 0.417 e. The van der Waals surface area contributed by atoms with Crippen molar-refractivity contribution >= 4 is 39.3 Å². The van der Waals surface area contributed by atoms with Crippen molar-refractivity contribution < 1.29 is 35.9 Å². The highest BCUT2D eigenvalue weighted by Gasteiger charge is 2.32. The zero-order valence-corrected chi connectivity index (χ0v) is 17.9. The number of rotatable bonds is 6. The molecule has 2 heterocycles. The molecule has 0 unspecified atom stereocenters. The number of hydrogen-bond acceptors (Lipinski definition) is 6. The Hall–Kier alpha value is -2.70. The minimum atomic E-state index is -4.65. The number of ether oxygens (including phenoxy) is 1. The van der Waals surface area contributed by atoms with Gasteiger partial charge in [0.15, 0.2) is 12.4 Å². The molecule has 13 heteroatoms. The number of esters is 1. The van der Waals surface area contributed by atoms with Crippen LogP contribution in [0, 0.1) is 0 Å². The first-order valence-electron chi connectivity index (χ1n) is 9.28. The number of nitrogens with zero attached hydrogens (tertiary/aromatic N) is 2. The van der Waals surface area contributed by atoms with Crippen LogP contribution in [-0.2, 0) is 25.7 Å². The zero-order chi connectivity index (χ0) is 23.5. The van der Waals surface area contributed by atoms with E-state index in [9.17, 15) is 31.2 Å². The highest BCUT2D eigenvalue weighted by Crippen LogP contribution is 2.32. The van der Waals surface area contributed by atoms with Gasteiger partial charge in [-0.05, 0) is 37.1 Å². The lowest BCUT2D eigenvalue weighted by molar-refractivity contribution is -0.137. The van der Waals surface area contributed by atoms with E-state index in [2.05, 4.69) is 10.3 Å². The van der Waals surface area contributed by atoms with Crippen LogP contribution in [0.2, 0.25) is 5.02 Å². The van der Waals surface area contributed by atoms with Gasteiger partial charge in [0.1, 0.15) is 0 Å². The van der Waals surface area contributed by atoms with Crippen molar-refractivity contribution in [2.24, 2.45) is 0 Å². The molecule has 1 aromatic heterocycles. The molecule has 0 spiro atoms. The summed E-state index contributed by atoms with van der Waals surface area (Å²) in [6, 6.07) is 5.82. The summed E-state index contributed by atoms with van der Waals surface area (Å²) < 4.78 is 69.3. The molecule has 0 atom stereocenters. The number of hydrogen-bond donors (Lipinski definition) is 1. The maximum absolute atomic E-state index is 12.6. The van der Waals surface area contributed by atoms with E-state index in [1.165, 1.54) is 22.5 Å². The second-order valence-corrected chi connectivity index (χ2v) is 9.16. The second-order valence-electron chi connectivity index (χ2n) is 6.82. The summed E-state index contributed by atoms with van der Waals surface area (Å²) >= 11 is 5.71. The van der Waals surface area contributed by atoms with Gasteiger partial charge in [0.2, 0.25) is 10.0 Å². The van der Waals surface area contributed by atoms with Gasteiger partial charge in [0.05, 0.1) is 21.0 Å². The molecule has 0 aliphatic carbocycles. The average Bonchev–Trinajstić information content (AvgIpc) is 3.28. The van der Waals surface area contributed by atoms with Gasteiger partial charge in [0, 0.05) is 19.3 Å². The first-order chi connectivity index (χ1) is 15.0. The van der Waals surface area contributed by atoms with E-state index in [-0.39, 0.29) is 16.3 Å². The Morgan fingerprint density at radius 2 is 1.88 bits per heavy atom. The summed E-state index contributed by atoms with van der Waals surface area (Å²) in [7, 11) is -3.74. The van der Waals surface area contributed by atoms with Crippen molar-refractivity contribution in [1.82, 2.24) is 9.29 Å². The van der Waals surface area contributed by atoms with Gasteiger partial charge in [-0.15, -0.1) is 0 Å². The highest BCUT2D eigenvalue weighted by atomic mass is 35.5. The molecule has 1 aliphatic rings. The summed E-state index contributed by atoms with van der Waals surface area (Å²) in [5.74, 6) is -2.18. The third kappa shape index (κ3) is 5.56. The first-order valence-corrected chi connectivity index (χ1v) is 11.1. The van der Waals surface area contributed by atoms with Gasteiger partial charge < -0.3 is 10.1 Å². The van der Waals surface area contributed by atoms with Crippen LogP contribution in [0.1, 0.15) is 28.8 Å². The van der Waals surface area contributed by atoms with Crippen LogP contribution in [0.4, 0.5) is 19.0 Å². The number of carbonyl (C=O) groups excluding carboxylic acids is 2. The predicted molar refractivity (Wildman–Crippen MR) is 108 cm³/mol. The van der Waals surface area contributed by atoms with Crippen LogP contribution < -0.4 is 5.32 Å². The lowest BCUT2D eigenvalue weighted by Crippen LogP contribution is -2.28. The molecule has 1 saturated heterocycles. The van der Waals surface area contributed by atoms with E-state index in [0.717, 1.165) is 18.9 Å². The molecular formula is C19H17ClF3N3O5S. The molecule has 1 aromatic carbocycles. The Bertz CT molecular complexity index is 1140. The number of nitrogens with one attached hydrogen (secondary N) is 1. The number of halogens is 4. The van der Waals surface area contributed by atoms with E-state index in [1.54, 1.807) is 0 Å². The van der Waals surface area contributed by atoms with Gasteiger partial charge in [0.25, 0.3) is 5.91 Å². The molecule has 8 nitrogen and oxygen atoms in total. The van der Waals surface area contributed by atoms with E-state index in [0.29, 0.717) is 25.4 Å². The molecule has 0 radical (unpaired) electrons. The summed E-state index contributed by atoms with van der Waals surface area (Å²) in [6.07, 6.45) is -2.63. The van der Waals surface area contributed by atoms with Crippen LogP contribution in [-0.4, -0.2) is 49.3 Å². The molecule has 3 rings (SSSR count). The average molecular weight is 492 g/mol. The Labute approximate surface area is 186 Å². The van der Waals surface area contributed by atoms with E-state index < -0.39 is 45.3 Å². The number of sulfonamides is 1. The predicted octanol–water partition coefficient (Wildman–Crippen LogP) is 3.33. The number of amides is 1. The van der Waals surface area contributed by atoms with E-state index >= 15 is 0 Å². The molecule has 32 heavy (non-hydrogen) atoms. The number of alkyl halides is 3. The van der Waals surface area contributed by atoms with Crippen molar-refractivity contribution in [3.8, 4) is 0 Å². The zero-order valence-electron chi connectivity index (χ0n) is 16.4. The fourth-order valence-corrected chi connectivity index (χ4v) is 4.71. The normalized spacial score (nSPS) is 14.9. The maximum atomic E-state index is 12.6. The highest BCUT2D eigenvalue weighted by molar-refractivity contribution is 7.89. The van der Waals surface area contributed by atoms with Gasteiger partial charge in [-0.2, -0.15) is 17.5 Å². The number of benzene rings is 1. The van der Waals surface area contributed by atoms with Crippen molar-refractivity contribution in [1.29, 1.82) is 0 Å². The summed E-state index contributed by atoms with van der Waals surface area (Å²) in [5.41, 5.74) is -1.17. The number of anilines is 1. The SMILES string of the molecule is O=C(COC(=O)c1cccc(S(=O)(=O)N2CCCC2)c1)Nc1ncc(C(F)(F)F)cc1Cl. The topological polar surface area (TPSA) is 106 Å². The molecule has 1 fully saturated rings. The van der Waals surface area contributed by atoms with Gasteiger partial charge in [-0.3, -0.25) is 4.79 Å². The van der Waals surface area contributed by atoms with Crippen LogP contribution >= 0.6 is 11.6 Å². The summed E-state index contributed by atoms with van der Waals surface area (Å²) in [6.45, 7) is 0.0103. The molecule has 0 saturated carbocycles. The van der Waals surface area contributed by atoms with Crippen molar-refractivity contribution in [2.75, 3.05) is 25.0 Å². The second kappa shape index (κ2) is 9.43. The Morgan fingerprint density at radius 1 is 1.19 bits per heavy atom. The molecular weight excluding hydrogens is 475 g/mol. The minimum Gasteiger partial charge on any atom is -0.452 e. The number of aromatic nitrogens is 1. The monoisotopic (exact) mass is 491 g/mol. The number of pyridine rings is 1. The van der Waals surface area contributed by atoms with Crippen molar-refractivity contribution in [2.45, 2.75) is 23.9 Å². The summed E-state index contributed by atoms with van der Waals surface area (Å²) in [5, 5.41) is 1.69. The van der Waals surface area contributed by atoms with Crippen LogP contribution in [0.5, 0.6) is 0 Å². The van der Waals surface area contributed by atoms with Crippen LogP contribution in [0.15, 0.2) is 41.4 Å². The van der Waals surface area contributed by atoms with Crippen LogP contribution in [0.3, 0.4) is 0 Å². The molecule has 0 bridgehead atoms. The first kappa shape index (κ1) is 24.0. The fraction of sp³-hybridized carbons (Fsp3) is 0.316. The largest absolute Gasteiger partial charge is 0.452 e. The van der Waals surface area contributed by atoms with E-state index in [4.69, 9.17) is 16.3 Å². The third-order valence-electron chi connectivity index (χ3n) is 4.53. The standard InChI is InChI=1S/C19H17ClF3N3O5S/c20-15-9-13(19(21,22)23)10-24-17(15)25-16(27)11-31-18(28)12-4-3-5-14(8-12)32(29,30)26-6-1-2-7-26/h3-5,8-10H,1-2,6-7,11H2,(H,24,25,27). The van der Waals surface area contributed by atoms with Gasteiger partial charge in [-0.1, -0.05) is 17.7 Å². The minimum absolute atomic E-state index is 0.0703. The molecule has 1 aliphatic heterocycles. The Morgan fingerprint density at radius 3 is 2.50 bits per heavy atom. The van der Waals surface area contributed by atoms with Gasteiger partial charge in [-0.25, -0.2) is 18.2 Å². The molecule has 1 N–H and O–H groups in total. The lowest BCUT2D eigenvalue weighted by atomic mass is 10.2. The number of carbonyl (C=O) groups is 2. The molecule has 2 aromatic rings. The smallest absolute Gasteiger partial charge is 0.417 e. The third-order valence-corrected chi connectivity index (χ3v) is 6.72.